The molecule has 4 fully saturated rings. The molecule has 0 aliphatic carbocycles. The zero-order valence-corrected chi connectivity index (χ0v) is 26.0. The van der Waals surface area contributed by atoms with Gasteiger partial charge in [0.15, 0.2) is 5.79 Å². The molecule has 0 spiro atoms. The summed E-state index contributed by atoms with van der Waals surface area (Å²) in [6.45, 7) is 4.77. The van der Waals surface area contributed by atoms with Gasteiger partial charge in [0.25, 0.3) is 0 Å². The van der Waals surface area contributed by atoms with E-state index in [4.69, 9.17) is 33.1 Å². The van der Waals surface area contributed by atoms with Crippen LogP contribution in [-0.2, 0) is 43.5 Å². The number of nitrogens with zero attached hydrogens (tertiary/aromatic N) is 1. The van der Waals surface area contributed by atoms with Crippen molar-refractivity contribution in [2.75, 3.05) is 61.4 Å². The summed E-state index contributed by atoms with van der Waals surface area (Å²) >= 11 is 0. The highest BCUT2D eigenvalue weighted by Crippen LogP contribution is 2.48. The fraction of sp³-hybridized carbons (Fsp3) is 0.594. The van der Waals surface area contributed by atoms with Crippen LogP contribution in [0.4, 0.5) is 0 Å². The average Bonchev–Trinajstić information content (AvgIpc) is 3.67. The van der Waals surface area contributed by atoms with Crippen LogP contribution < -0.4 is 0 Å². The van der Waals surface area contributed by atoms with Gasteiger partial charge in [-0.05, 0) is 37.3 Å². The number of aliphatic hydroxyl groups is 1. The number of methoxy groups -OCH3 is 4. The maximum Gasteiger partial charge on any atom is 0.380 e. The largest absolute Gasteiger partial charge is 0.406 e. The lowest BCUT2D eigenvalue weighted by Crippen LogP contribution is -2.52. The Bertz CT molecular complexity index is 1090. The van der Waals surface area contributed by atoms with E-state index in [-0.39, 0.29) is 31.6 Å². The Balaban J connectivity index is 0.000000164. The predicted octanol–water partition coefficient (Wildman–Crippen LogP) is 3.26. The van der Waals surface area contributed by atoms with Crippen LogP contribution in [0.25, 0.3) is 0 Å². The molecule has 0 amide bonds. The van der Waals surface area contributed by atoms with Gasteiger partial charge in [-0.15, -0.1) is 0 Å². The van der Waals surface area contributed by atoms with Gasteiger partial charge in [0.2, 0.25) is 11.6 Å². The van der Waals surface area contributed by atoms with E-state index < -0.39 is 17.7 Å². The topological polar surface area (TPSA) is 105 Å². The van der Waals surface area contributed by atoms with E-state index >= 15 is 0 Å². The molecule has 0 aromatic heterocycles. The van der Waals surface area contributed by atoms with Crippen molar-refractivity contribution in [2.24, 2.45) is 0 Å². The number of ketones is 1. The maximum atomic E-state index is 11.2. The highest BCUT2D eigenvalue weighted by Gasteiger charge is 2.56. The van der Waals surface area contributed by atoms with Crippen molar-refractivity contribution in [1.82, 2.24) is 4.81 Å². The molecule has 6 rings (SSSR count). The van der Waals surface area contributed by atoms with Gasteiger partial charge >= 0.3 is 7.05 Å². The summed E-state index contributed by atoms with van der Waals surface area (Å²) in [6.07, 6.45) is 2.82. The zero-order valence-electron chi connectivity index (χ0n) is 26.0. The minimum Gasteiger partial charge on any atom is -0.406 e. The summed E-state index contributed by atoms with van der Waals surface area (Å²) in [5.41, 5.74) is 2.23. The van der Waals surface area contributed by atoms with E-state index in [1.807, 2.05) is 0 Å². The number of hydrogen-bond donors (Lipinski definition) is 1. The van der Waals surface area contributed by atoms with Gasteiger partial charge in [-0.2, -0.15) is 0 Å². The molecule has 0 radical (unpaired) electrons. The number of fused-ring (bicyclic) bond motifs is 1. The van der Waals surface area contributed by atoms with Gasteiger partial charge in [-0.1, -0.05) is 60.7 Å². The molecule has 4 heterocycles. The second-order valence-corrected chi connectivity index (χ2v) is 11.0. The summed E-state index contributed by atoms with van der Waals surface area (Å²) in [6, 6.07) is 21.9. The van der Waals surface area contributed by atoms with Gasteiger partial charge < -0.3 is 43.0 Å². The van der Waals surface area contributed by atoms with E-state index in [9.17, 15) is 9.90 Å². The summed E-state index contributed by atoms with van der Waals surface area (Å²) in [5, 5.41) is 9.44. The lowest BCUT2D eigenvalue weighted by Gasteiger charge is -2.38. The van der Waals surface area contributed by atoms with E-state index in [1.165, 1.54) is 52.4 Å². The molecule has 0 bridgehead atoms. The summed E-state index contributed by atoms with van der Waals surface area (Å²) in [5.74, 6) is -2.04. The van der Waals surface area contributed by atoms with E-state index in [2.05, 4.69) is 72.3 Å². The number of ether oxygens (including phenoxy) is 6. The molecule has 4 saturated heterocycles. The second-order valence-electron chi connectivity index (χ2n) is 11.0. The van der Waals surface area contributed by atoms with Crippen molar-refractivity contribution >= 4 is 12.8 Å². The van der Waals surface area contributed by atoms with E-state index in [0.29, 0.717) is 32.1 Å². The van der Waals surface area contributed by atoms with Crippen molar-refractivity contribution in [3.63, 3.8) is 0 Å². The molecule has 2 aromatic carbocycles. The number of aliphatic hydroxyl groups excluding tert-OH is 1. The van der Waals surface area contributed by atoms with Gasteiger partial charge in [-0.25, -0.2) is 0 Å². The SMILES string of the molecule is CB1OC(c2ccccc2)(c2ccccc2)[C@H]2CCCN12.COC1(OC)CCOCC1=O.COC1(OC)CCOC[C@H]1O. The van der Waals surface area contributed by atoms with E-state index in [1.54, 1.807) is 0 Å². The second kappa shape index (κ2) is 15.2. The summed E-state index contributed by atoms with van der Waals surface area (Å²) in [4.78, 5) is 13.7. The number of carbonyl (C=O) groups excluding carboxylic acids is 1. The minimum absolute atomic E-state index is 0.0850. The third-order valence-electron chi connectivity index (χ3n) is 8.95. The Labute approximate surface area is 255 Å². The molecular weight excluding hydrogens is 553 g/mol. The molecule has 2 aromatic rings. The van der Waals surface area contributed by atoms with Crippen LogP contribution in [0.1, 0.15) is 36.8 Å². The molecule has 236 valence electrons. The highest BCUT2D eigenvalue weighted by atomic mass is 16.7. The van der Waals surface area contributed by atoms with Crippen molar-refractivity contribution in [3.05, 3.63) is 71.8 Å². The van der Waals surface area contributed by atoms with Crippen molar-refractivity contribution in [2.45, 2.75) is 61.8 Å². The Hall–Kier alpha value is -2.19. The normalized spacial score (nSPS) is 25.6. The first-order valence-electron chi connectivity index (χ1n) is 14.9. The van der Waals surface area contributed by atoms with Crippen LogP contribution in [0.5, 0.6) is 0 Å². The molecule has 0 saturated carbocycles. The molecule has 11 heteroatoms. The fourth-order valence-corrected chi connectivity index (χ4v) is 6.53. The predicted molar refractivity (Wildman–Crippen MR) is 161 cm³/mol. The monoisotopic (exact) mass is 599 g/mol. The summed E-state index contributed by atoms with van der Waals surface area (Å²) < 4.78 is 36.7. The molecule has 0 unspecified atom stereocenters. The third-order valence-corrected chi connectivity index (χ3v) is 8.95. The zero-order chi connectivity index (χ0) is 30.9. The molecule has 10 nitrogen and oxygen atoms in total. The smallest absolute Gasteiger partial charge is 0.380 e. The fourth-order valence-electron chi connectivity index (χ4n) is 6.53. The molecule has 43 heavy (non-hydrogen) atoms. The average molecular weight is 600 g/mol. The first kappa shape index (κ1) is 33.7. The van der Waals surface area contributed by atoms with Crippen LogP contribution in [0.3, 0.4) is 0 Å². The first-order valence-corrected chi connectivity index (χ1v) is 14.9. The summed E-state index contributed by atoms with van der Waals surface area (Å²) in [7, 11) is 6.16. The van der Waals surface area contributed by atoms with Crippen LogP contribution in [0.2, 0.25) is 6.82 Å². The van der Waals surface area contributed by atoms with Crippen LogP contribution in [0, 0.1) is 0 Å². The van der Waals surface area contributed by atoms with Gasteiger partial charge in [0, 0.05) is 47.3 Å². The number of carbonyl (C=O) groups is 1. The van der Waals surface area contributed by atoms with Gasteiger partial charge in [0.1, 0.15) is 18.3 Å². The Morgan fingerprint density at radius 2 is 1.44 bits per heavy atom. The lowest BCUT2D eigenvalue weighted by molar-refractivity contribution is -0.292. The van der Waals surface area contributed by atoms with Crippen LogP contribution in [0.15, 0.2) is 60.7 Å². The lowest BCUT2D eigenvalue weighted by atomic mass is 9.79. The highest BCUT2D eigenvalue weighted by molar-refractivity contribution is 6.48. The number of rotatable bonds is 6. The molecule has 2 atom stereocenters. The number of Topliss-reactive ketones (excluding diaryl/α,β-unsaturated/α-hetero) is 1. The molecule has 4 aliphatic rings. The molecular formula is C32H46BNO9. The molecule has 1 N–H and O–H groups in total. The van der Waals surface area contributed by atoms with Crippen molar-refractivity contribution < 1.29 is 43.0 Å². The quantitative estimate of drug-likeness (QED) is 0.393. The van der Waals surface area contributed by atoms with E-state index in [0.717, 1.165) is 6.54 Å². The molecule has 4 aliphatic heterocycles. The van der Waals surface area contributed by atoms with Crippen LogP contribution >= 0.6 is 0 Å². The number of benzene rings is 2. The van der Waals surface area contributed by atoms with Crippen molar-refractivity contribution in [1.29, 1.82) is 0 Å². The maximum absolute atomic E-state index is 11.2. The van der Waals surface area contributed by atoms with Crippen LogP contribution in [-0.4, -0.2) is 108 Å². The Morgan fingerprint density at radius 3 is 1.91 bits per heavy atom. The first-order chi connectivity index (χ1) is 20.8. The van der Waals surface area contributed by atoms with Gasteiger partial charge in [-0.3, -0.25) is 4.79 Å². The standard InChI is InChI=1S/C18H20BNO.C7H14O4.C7H12O4/c1-19-20-14-8-13-17(20)18(21-19,15-9-4-2-5-10-15)16-11-6-3-7-12-16;2*1-9-7(10-2)3-4-11-5-6(7)8/h2-7,9-12,17H,8,13-14H2,1H3;6,8H,3-5H2,1-2H3;3-5H2,1-2H3/t17-;6-;/m11./s1. The number of hydrogen-bond acceptors (Lipinski definition) is 10. The minimum atomic E-state index is -1.04. The Morgan fingerprint density at radius 1 is 0.860 bits per heavy atom. The van der Waals surface area contributed by atoms with Crippen molar-refractivity contribution in [3.8, 4) is 0 Å². The van der Waals surface area contributed by atoms with Gasteiger partial charge in [0.05, 0.1) is 19.8 Å². The third kappa shape index (κ3) is 6.90. The Kier molecular flexibility index (Phi) is 11.9.